The normalized spacial score (nSPS) is 11.1. The number of rotatable bonds is 24. The van der Waals surface area contributed by atoms with Gasteiger partial charge in [-0.3, -0.25) is 4.79 Å². The van der Waals surface area contributed by atoms with Crippen molar-refractivity contribution in [2.75, 3.05) is 26.2 Å². The Morgan fingerprint density at radius 1 is 0.586 bits per heavy atom. The van der Waals surface area contributed by atoms with Crippen LogP contribution in [0.15, 0.2) is 0 Å². The Balaban J connectivity index is 3.08. The molecule has 0 aliphatic carbocycles. The summed E-state index contributed by atoms with van der Waals surface area (Å²) in [5.41, 5.74) is 0. The van der Waals surface area contributed by atoms with Crippen LogP contribution in [0.3, 0.4) is 0 Å². The van der Waals surface area contributed by atoms with Crippen molar-refractivity contribution in [3.63, 3.8) is 0 Å². The fraction of sp³-hybridized carbons (Fsp3) is 0.960. The fourth-order valence-electron chi connectivity index (χ4n) is 3.77. The first-order chi connectivity index (χ1) is 14.3. The molecule has 0 aromatic carbocycles. The average Bonchev–Trinajstić information content (AvgIpc) is 2.72. The third-order valence-electron chi connectivity index (χ3n) is 5.67. The van der Waals surface area contributed by atoms with Crippen molar-refractivity contribution in [2.45, 2.75) is 129 Å². The van der Waals surface area contributed by atoms with Gasteiger partial charge < -0.3 is 15.7 Å². The topological polar surface area (TPSA) is 61.4 Å². The largest absolute Gasteiger partial charge is 0.395 e. The first-order valence-electron chi connectivity index (χ1n) is 12.9. The molecule has 174 valence electrons. The van der Waals surface area contributed by atoms with E-state index in [1.165, 1.54) is 109 Å². The van der Waals surface area contributed by atoms with E-state index in [0.29, 0.717) is 19.5 Å². The predicted molar refractivity (Wildman–Crippen MR) is 126 cm³/mol. The summed E-state index contributed by atoms with van der Waals surface area (Å²) < 4.78 is 0. The van der Waals surface area contributed by atoms with Crippen LogP contribution in [0.4, 0.5) is 0 Å². The highest BCUT2D eigenvalue weighted by molar-refractivity contribution is 5.75. The number of amides is 1. The van der Waals surface area contributed by atoms with E-state index in [0.717, 1.165) is 13.0 Å². The Kier molecular flexibility index (Phi) is 24.9. The zero-order valence-corrected chi connectivity index (χ0v) is 19.6. The highest BCUT2D eigenvalue weighted by Gasteiger charge is 2.00. The monoisotopic (exact) mass is 412 g/mol. The van der Waals surface area contributed by atoms with E-state index in [4.69, 9.17) is 5.11 Å². The molecule has 3 N–H and O–H groups in total. The zero-order chi connectivity index (χ0) is 21.3. The predicted octanol–water partition coefficient (Wildman–Crippen LogP) is 6.12. The SMILES string of the molecule is CCCCCCCCCCCCCCCCCCCCC(=O)NCCNCCO. The summed E-state index contributed by atoms with van der Waals surface area (Å²) in [5.74, 6) is 0.160. The highest BCUT2D eigenvalue weighted by Crippen LogP contribution is 2.14. The third kappa shape index (κ3) is 25.4. The molecule has 0 fully saturated rings. The molecule has 0 atom stereocenters. The molecular weight excluding hydrogens is 360 g/mol. The fourth-order valence-corrected chi connectivity index (χ4v) is 3.77. The standard InChI is InChI=1S/C25H52N2O2/c1-2-3-4-5-6-7-8-9-10-11-12-13-14-15-16-17-18-19-20-25(29)27-22-21-26-23-24-28/h26,28H,2-24H2,1H3,(H,27,29). The summed E-state index contributed by atoms with van der Waals surface area (Å²) in [4.78, 5) is 11.7. The Bertz CT molecular complexity index is 324. The maximum atomic E-state index is 11.7. The van der Waals surface area contributed by atoms with Gasteiger partial charge in [-0.2, -0.15) is 0 Å². The van der Waals surface area contributed by atoms with Crippen LogP contribution in [-0.4, -0.2) is 37.3 Å². The quantitative estimate of drug-likeness (QED) is 0.167. The molecule has 0 spiro atoms. The van der Waals surface area contributed by atoms with Gasteiger partial charge in [-0.05, 0) is 6.42 Å². The second-order valence-corrected chi connectivity index (χ2v) is 8.58. The van der Waals surface area contributed by atoms with Crippen molar-refractivity contribution in [1.82, 2.24) is 10.6 Å². The molecule has 0 unspecified atom stereocenters. The molecule has 1 amide bonds. The Labute approximate surface area is 182 Å². The lowest BCUT2D eigenvalue weighted by molar-refractivity contribution is -0.121. The lowest BCUT2D eigenvalue weighted by Crippen LogP contribution is -2.32. The molecule has 4 nitrogen and oxygen atoms in total. The molecule has 4 heteroatoms. The number of carbonyl (C=O) groups is 1. The minimum Gasteiger partial charge on any atom is -0.395 e. The van der Waals surface area contributed by atoms with Crippen LogP contribution >= 0.6 is 0 Å². The number of hydrogen-bond donors (Lipinski definition) is 3. The summed E-state index contributed by atoms with van der Waals surface area (Å²) in [6.45, 7) is 4.40. The van der Waals surface area contributed by atoms with Gasteiger partial charge >= 0.3 is 0 Å². The number of nitrogens with one attached hydrogen (secondary N) is 2. The van der Waals surface area contributed by atoms with Crippen LogP contribution in [-0.2, 0) is 4.79 Å². The van der Waals surface area contributed by atoms with E-state index in [1.54, 1.807) is 0 Å². The number of aliphatic hydroxyl groups excluding tert-OH is 1. The van der Waals surface area contributed by atoms with E-state index in [2.05, 4.69) is 17.6 Å². The summed E-state index contributed by atoms with van der Waals surface area (Å²) in [5, 5.41) is 14.6. The molecule has 29 heavy (non-hydrogen) atoms. The summed E-state index contributed by atoms with van der Waals surface area (Å²) >= 11 is 0. The first kappa shape index (κ1) is 28.4. The van der Waals surface area contributed by atoms with Gasteiger partial charge in [-0.1, -0.05) is 116 Å². The number of unbranched alkanes of at least 4 members (excludes halogenated alkanes) is 17. The van der Waals surface area contributed by atoms with Crippen LogP contribution in [0, 0.1) is 0 Å². The summed E-state index contributed by atoms with van der Waals surface area (Å²) in [6, 6.07) is 0. The molecule has 0 saturated heterocycles. The van der Waals surface area contributed by atoms with E-state index >= 15 is 0 Å². The van der Waals surface area contributed by atoms with Crippen molar-refractivity contribution in [3.8, 4) is 0 Å². The third-order valence-corrected chi connectivity index (χ3v) is 5.67. The van der Waals surface area contributed by atoms with Gasteiger partial charge in [-0.15, -0.1) is 0 Å². The van der Waals surface area contributed by atoms with Crippen molar-refractivity contribution in [2.24, 2.45) is 0 Å². The minimum atomic E-state index is 0.146. The van der Waals surface area contributed by atoms with Gasteiger partial charge in [0, 0.05) is 26.1 Å². The number of carbonyl (C=O) groups excluding carboxylic acids is 1. The number of aliphatic hydroxyl groups is 1. The van der Waals surface area contributed by atoms with Crippen molar-refractivity contribution >= 4 is 5.91 Å². The Morgan fingerprint density at radius 2 is 1.00 bits per heavy atom. The van der Waals surface area contributed by atoms with Gasteiger partial charge in [0.1, 0.15) is 0 Å². The van der Waals surface area contributed by atoms with Crippen LogP contribution in [0.1, 0.15) is 129 Å². The summed E-state index contributed by atoms with van der Waals surface area (Å²) in [6.07, 6.45) is 25.3. The molecule has 0 bridgehead atoms. The van der Waals surface area contributed by atoms with Gasteiger partial charge in [0.15, 0.2) is 0 Å². The zero-order valence-electron chi connectivity index (χ0n) is 19.6. The van der Waals surface area contributed by atoms with Crippen molar-refractivity contribution in [1.29, 1.82) is 0 Å². The molecule has 0 saturated carbocycles. The lowest BCUT2D eigenvalue weighted by Gasteiger charge is -2.06. The maximum Gasteiger partial charge on any atom is 0.220 e. The molecule has 0 aliphatic rings. The average molecular weight is 413 g/mol. The molecule has 0 radical (unpaired) electrons. The first-order valence-corrected chi connectivity index (χ1v) is 12.9. The molecular formula is C25H52N2O2. The van der Waals surface area contributed by atoms with Gasteiger partial charge in [0.2, 0.25) is 5.91 Å². The van der Waals surface area contributed by atoms with Gasteiger partial charge in [0.25, 0.3) is 0 Å². The second-order valence-electron chi connectivity index (χ2n) is 8.58. The Hall–Kier alpha value is -0.610. The molecule has 0 aromatic heterocycles. The van der Waals surface area contributed by atoms with E-state index < -0.39 is 0 Å². The van der Waals surface area contributed by atoms with E-state index in [1.807, 2.05) is 0 Å². The van der Waals surface area contributed by atoms with Crippen LogP contribution in [0.5, 0.6) is 0 Å². The summed E-state index contributed by atoms with van der Waals surface area (Å²) in [7, 11) is 0. The highest BCUT2D eigenvalue weighted by atomic mass is 16.3. The minimum absolute atomic E-state index is 0.146. The number of hydrogen-bond acceptors (Lipinski definition) is 3. The smallest absolute Gasteiger partial charge is 0.220 e. The van der Waals surface area contributed by atoms with Crippen LogP contribution in [0.2, 0.25) is 0 Å². The van der Waals surface area contributed by atoms with Gasteiger partial charge in [-0.25, -0.2) is 0 Å². The lowest BCUT2D eigenvalue weighted by atomic mass is 10.0. The Morgan fingerprint density at radius 3 is 1.41 bits per heavy atom. The van der Waals surface area contributed by atoms with Crippen molar-refractivity contribution < 1.29 is 9.90 Å². The second kappa shape index (κ2) is 25.4. The van der Waals surface area contributed by atoms with Crippen LogP contribution < -0.4 is 10.6 Å². The van der Waals surface area contributed by atoms with Crippen molar-refractivity contribution in [3.05, 3.63) is 0 Å². The van der Waals surface area contributed by atoms with E-state index in [9.17, 15) is 4.79 Å². The van der Waals surface area contributed by atoms with Crippen LogP contribution in [0.25, 0.3) is 0 Å². The maximum absolute atomic E-state index is 11.7. The van der Waals surface area contributed by atoms with Gasteiger partial charge in [0.05, 0.1) is 6.61 Å². The molecule has 0 aromatic rings. The molecule has 0 aliphatic heterocycles. The van der Waals surface area contributed by atoms with E-state index in [-0.39, 0.29) is 12.5 Å². The molecule has 0 heterocycles. The molecule has 0 rings (SSSR count).